The molecule has 0 spiro atoms. The van der Waals surface area contributed by atoms with Crippen LogP contribution in [0.3, 0.4) is 0 Å². The SMILES string of the molecule is C#Cc1cccc(Oc2n[nH]nc2CC)c1.O=C=O. The Morgan fingerprint density at radius 2 is 2.11 bits per heavy atom. The van der Waals surface area contributed by atoms with Crippen molar-refractivity contribution in [1.82, 2.24) is 15.4 Å². The molecule has 0 amide bonds. The summed E-state index contributed by atoms with van der Waals surface area (Å²) in [4.78, 5) is 16.2. The number of terminal acetylenes is 1. The zero-order valence-corrected chi connectivity index (χ0v) is 10.2. The van der Waals surface area contributed by atoms with E-state index in [0.29, 0.717) is 11.6 Å². The van der Waals surface area contributed by atoms with Crippen molar-refractivity contribution in [2.75, 3.05) is 0 Å². The summed E-state index contributed by atoms with van der Waals surface area (Å²) in [6, 6.07) is 7.30. The van der Waals surface area contributed by atoms with Gasteiger partial charge in [0.15, 0.2) is 0 Å². The summed E-state index contributed by atoms with van der Waals surface area (Å²) in [5, 5.41) is 10.4. The molecule has 0 atom stereocenters. The van der Waals surface area contributed by atoms with Crippen LogP contribution >= 0.6 is 0 Å². The lowest BCUT2D eigenvalue weighted by Crippen LogP contribution is -1.89. The second-order valence-electron chi connectivity index (χ2n) is 3.29. The lowest BCUT2D eigenvalue weighted by Gasteiger charge is -2.03. The number of aromatic nitrogens is 3. The highest BCUT2D eigenvalue weighted by Crippen LogP contribution is 2.22. The molecular weight excluding hydrogens is 246 g/mol. The quantitative estimate of drug-likeness (QED) is 0.843. The Morgan fingerprint density at radius 1 is 1.37 bits per heavy atom. The van der Waals surface area contributed by atoms with Crippen molar-refractivity contribution in [3.05, 3.63) is 35.5 Å². The minimum atomic E-state index is 0.250. The molecule has 0 radical (unpaired) electrons. The highest BCUT2D eigenvalue weighted by atomic mass is 16.5. The number of hydrogen-bond acceptors (Lipinski definition) is 5. The van der Waals surface area contributed by atoms with Crippen LogP contribution in [-0.2, 0) is 16.0 Å². The van der Waals surface area contributed by atoms with E-state index in [1.54, 1.807) is 6.07 Å². The number of rotatable bonds is 3. The first-order valence-electron chi connectivity index (χ1n) is 5.38. The first-order chi connectivity index (χ1) is 9.24. The van der Waals surface area contributed by atoms with Crippen molar-refractivity contribution >= 4 is 6.15 Å². The van der Waals surface area contributed by atoms with Crippen LogP contribution in [0.4, 0.5) is 0 Å². The summed E-state index contributed by atoms with van der Waals surface area (Å²) in [5.74, 6) is 3.71. The molecule has 0 fully saturated rings. The molecule has 2 rings (SSSR count). The van der Waals surface area contributed by atoms with Gasteiger partial charge in [0.25, 0.3) is 5.88 Å². The van der Waals surface area contributed by atoms with E-state index >= 15 is 0 Å². The first-order valence-corrected chi connectivity index (χ1v) is 5.38. The minimum absolute atomic E-state index is 0.250. The lowest BCUT2D eigenvalue weighted by atomic mass is 10.2. The van der Waals surface area contributed by atoms with E-state index in [2.05, 4.69) is 21.3 Å². The maximum Gasteiger partial charge on any atom is 0.373 e. The summed E-state index contributed by atoms with van der Waals surface area (Å²) in [7, 11) is 0. The third-order valence-corrected chi connectivity index (χ3v) is 2.13. The number of nitrogens with one attached hydrogen (secondary N) is 1. The molecular formula is C13H11N3O3. The highest BCUT2D eigenvalue weighted by Gasteiger charge is 2.07. The van der Waals surface area contributed by atoms with Crippen LogP contribution in [0, 0.1) is 12.3 Å². The normalized spacial score (nSPS) is 8.63. The average Bonchev–Trinajstić information content (AvgIpc) is 2.87. The standard InChI is InChI=1S/C12H11N3O.CO2/c1-3-9-6-5-7-10(8-9)16-12-11(4-2)13-15-14-12;2-1-3/h1,5-8H,4H2,2H3,(H,13,14,15);. The molecule has 96 valence electrons. The van der Waals surface area contributed by atoms with Gasteiger partial charge in [-0.3, -0.25) is 0 Å². The molecule has 1 aromatic heterocycles. The Kier molecular flexibility index (Phi) is 5.54. The Bertz CT molecular complexity index is 608. The van der Waals surface area contributed by atoms with E-state index < -0.39 is 0 Å². The fraction of sp³-hybridized carbons (Fsp3) is 0.154. The Balaban J connectivity index is 0.000000550. The van der Waals surface area contributed by atoms with E-state index in [1.165, 1.54) is 0 Å². The molecule has 19 heavy (non-hydrogen) atoms. The van der Waals surface area contributed by atoms with Crippen LogP contribution in [-0.4, -0.2) is 21.6 Å². The fourth-order valence-electron chi connectivity index (χ4n) is 1.32. The van der Waals surface area contributed by atoms with Crippen LogP contribution in [0.2, 0.25) is 0 Å². The third kappa shape index (κ3) is 4.11. The minimum Gasteiger partial charge on any atom is -0.436 e. The van der Waals surface area contributed by atoms with E-state index in [4.69, 9.17) is 20.7 Å². The van der Waals surface area contributed by atoms with Crippen LogP contribution in [0.1, 0.15) is 18.2 Å². The number of H-pyrrole nitrogens is 1. The number of benzene rings is 1. The van der Waals surface area contributed by atoms with Crippen molar-refractivity contribution in [2.24, 2.45) is 0 Å². The zero-order valence-electron chi connectivity index (χ0n) is 10.2. The maximum atomic E-state index is 8.12. The van der Waals surface area contributed by atoms with Crippen LogP contribution in [0.15, 0.2) is 24.3 Å². The van der Waals surface area contributed by atoms with E-state index in [-0.39, 0.29) is 6.15 Å². The summed E-state index contributed by atoms with van der Waals surface area (Å²) in [6.45, 7) is 1.99. The number of carbonyl (C=O) groups excluding carboxylic acids is 2. The van der Waals surface area contributed by atoms with Gasteiger partial charge in [-0.25, -0.2) is 0 Å². The van der Waals surface area contributed by atoms with Gasteiger partial charge in [-0.1, -0.05) is 18.9 Å². The van der Waals surface area contributed by atoms with E-state index in [1.807, 2.05) is 25.1 Å². The number of ether oxygens (including phenoxy) is 1. The third-order valence-electron chi connectivity index (χ3n) is 2.13. The van der Waals surface area contributed by atoms with Crippen molar-refractivity contribution in [3.8, 4) is 24.0 Å². The Morgan fingerprint density at radius 3 is 2.74 bits per heavy atom. The number of aromatic amines is 1. The van der Waals surface area contributed by atoms with Gasteiger partial charge in [0.2, 0.25) is 0 Å². The molecule has 0 saturated carbocycles. The second-order valence-corrected chi connectivity index (χ2v) is 3.29. The predicted octanol–water partition coefficient (Wildman–Crippen LogP) is 1.56. The molecule has 6 heteroatoms. The Hall–Kier alpha value is -2.90. The van der Waals surface area contributed by atoms with Crippen molar-refractivity contribution in [3.63, 3.8) is 0 Å². The van der Waals surface area contributed by atoms with E-state index in [0.717, 1.165) is 17.7 Å². The smallest absolute Gasteiger partial charge is 0.373 e. The molecule has 0 unspecified atom stereocenters. The number of hydrogen-bond donors (Lipinski definition) is 1. The highest BCUT2D eigenvalue weighted by molar-refractivity contribution is 5.39. The van der Waals surface area contributed by atoms with Gasteiger partial charge in [-0.05, 0) is 24.6 Å². The van der Waals surface area contributed by atoms with Gasteiger partial charge in [0.05, 0.1) is 0 Å². The second kappa shape index (κ2) is 7.43. The molecule has 6 nitrogen and oxygen atoms in total. The van der Waals surface area contributed by atoms with Gasteiger partial charge in [0.1, 0.15) is 11.4 Å². The lowest BCUT2D eigenvalue weighted by molar-refractivity contribution is -0.191. The van der Waals surface area contributed by atoms with Crippen LogP contribution in [0.5, 0.6) is 11.6 Å². The molecule has 1 N–H and O–H groups in total. The molecule has 2 aromatic rings. The number of nitrogens with zero attached hydrogens (tertiary/aromatic N) is 2. The summed E-state index contributed by atoms with van der Waals surface area (Å²) in [5.41, 5.74) is 1.57. The molecule has 0 aliphatic rings. The molecule has 0 aliphatic heterocycles. The van der Waals surface area contributed by atoms with Gasteiger partial charge in [-0.15, -0.1) is 11.5 Å². The van der Waals surface area contributed by atoms with Crippen molar-refractivity contribution < 1.29 is 14.3 Å². The van der Waals surface area contributed by atoms with Crippen LogP contribution < -0.4 is 4.74 Å². The van der Waals surface area contributed by atoms with Crippen molar-refractivity contribution in [2.45, 2.75) is 13.3 Å². The largest absolute Gasteiger partial charge is 0.436 e. The van der Waals surface area contributed by atoms with E-state index in [9.17, 15) is 0 Å². The molecule has 0 saturated heterocycles. The topological polar surface area (TPSA) is 84.9 Å². The maximum absolute atomic E-state index is 8.12. The number of aryl methyl sites for hydroxylation is 1. The fourth-order valence-corrected chi connectivity index (χ4v) is 1.32. The first kappa shape index (κ1) is 14.2. The van der Waals surface area contributed by atoms with Gasteiger partial charge in [0, 0.05) is 5.56 Å². The van der Waals surface area contributed by atoms with Gasteiger partial charge in [-0.2, -0.15) is 19.9 Å². The zero-order chi connectivity index (χ0) is 14.1. The monoisotopic (exact) mass is 257 g/mol. The summed E-state index contributed by atoms with van der Waals surface area (Å²) in [6.07, 6.45) is 6.32. The molecule has 0 aliphatic carbocycles. The summed E-state index contributed by atoms with van der Waals surface area (Å²) < 4.78 is 5.58. The Labute approximate surface area is 109 Å². The predicted molar refractivity (Wildman–Crippen MR) is 65.2 cm³/mol. The molecule has 1 aromatic carbocycles. The molecule has 1 heterocycles. The van der Waals surface area contributed by atoms with Crippen LogP contribution in [0.25, 0.3) is 0 Å². The average molecular weight is 257 g/mol. The van der Waals surface area contributed by atoms with Gasteiger partial charge < -0.3 is 4.74 Å². The van der Waals surface area contributed by atoms with Crippen molar-refractivity contribution in [1.29, 1.82) is 0 Å². The summed E-state index contributed by atoms with van der Waals surface area (Å²) >= 11 is 0. The molecule has 0 bridgehead atoms. The van der Waals surface area contributed by atoms with Gasteiger partial charge >= 0.3 is 6.15 Å².